The summed E-state index contributed by atoms with van der Waals surface area (Å²) in [5.41, 5.74) is 5.65. The zero-order valence-electron chi connectivity index (χ0n) is 10.5. The first-order chi connectivity index (χ1) is 8.74. The Balaban J connectivity index is 2.54. The van der Waals surface area contributed by atoms with E-state index in [0.29, 0.717) is 5.13 Å². The number of thiazole rings is 1. The molecule has 0 aliphatic heterocycles. The Hall–Kier alpha value is -1.23. The second kappa shape index (κ2) is 6.28. The van der Waals surface area contributed by atoms with Crippen molar-refractivity contribution in [3.05, 3.63) is 11.1 Å². The molecule has 10 heteroatoms. The van der Waals surface area contributed by atoms with Gasteiger partial charge in [0.25, 0.3) is 0 Å². The van der Waals surface area contributed by atoms with E-state index in [1.807, 2.05) is 0 Å². The number of anilines is 1. The van der Waals surface area contributed by atoms with E-state index >= 15 is 0 Å². The number of carboxylic acid groups (broad SMARTS) is 1. The molecule has 8 nitrogen and oxygen atoms in total. The average Bonchev–Trinajstić information content (AvgIpc) is 2.76. The van der Waals surface area contributed by atoms with Gasteiger partial charge in [0.15, 0.2) is 5.13 Å². The normalized spacial score (nSPS) is 13.5. The highest BCUT2D eigenvalue weighted by Gasteiger charge is 2.18. The van der Waals surface area contributed by atoms with E-state index in [0.717, 1.165) is 4.31 Å². The number of sulfonamides is 1. The van der Waals surface area contributed by atoms with Crippen LogP contribution in [0.4, 0.5) is 5.13 Å². The quantitative estimate of drug-likeness (QED) is 0.621. The van der Waals surface area contributed by atoms with Crippen molar-refractivity contribution in [2.24, 2.45) is 5.73 Å². The fourth-order valence-corrected chi connectivity index (χ4v) is 2.61. The highest BCUT2D eigenvalue weighted by atomic mass is 32.2. The molecule has 108 valence electrons. The lowest BCUT2D eigenvalue weighted by Crippen LogP contribution is -2.28. The maximum absolute atomic E-state index is 11.5. The van der Waals surface area contributed by atoms with Crippen LogP contribution in [-0.2, 0) is 14.8 Å². The Bertz CT molecular complexity index is 540. The zero-order chi connectivity index (χ0) is 14.6. The fourth-order valence-electron chi connectivity index (χ4n) is 1.11. The van der Waals surface area contributed by atoms with E-state index in [-0.39, 0.29) is 18.0 Å². The number of aromatic nitrogens is 1. The third-order valence-electron chi connectivity index (χ3n) is 2.30. The lowest BCUT2D eigenvalue weighted by Gasteiger charge is -2.11. The first kappa shape index (κ1) is 15.8. The molecule has 0 aromatic carbocycles. The molecule has 0 bridgehead atoms. The third kappa shape index (κ3) is 4.42. The minimum atomic E-state index is -3.26. The molecule has 1 aromatic heterocycles. The first-order valence-corrected chi connectivity index (χ1v) is 7.81. The van der Waals surface area contributed by atoms with Gasteiger partial charge < -0.3 is 16.2 Å². The van der Waals surface area contributed by atoms with Gasteiger partial charge in [-0.25, -0.2) is 17.7 Å². The maximum atomic E-state index is 11.5. The molecular weight excluding hydrogens is 292 g/mol. The fraction of sp³-hybridized carbons (Fsp3) is 0.556. The van der Waals surface area contributed by atoms with Crippen molar-refractivity contribution < 1.29 is 18.3 Å². The number of aliphatic carboxylic acids is 1. The van der Waals surface area contributed by atoms with Crippen molar-refractivity contribution in [3.63, 3.8) is 0 Å². The SMILES string of the molecule is CN(C)S(=O)(=O)CCNc1nc(C(N)C(=O)O)cs1. The third-order valence-corrected chi connectivity index (χ3v) is 4.95. The predicted octanol–water partition coefficient (Wildman–Crippen LogP) is -0.469. The molecule has 4 N–H and O–H groups in total. The second-order valence-corrected chi connectivity index (χ2v) is 7.08. The van der Waals surface area contributed by atoms with Gasteiger partial charge in [-0.2, -0.15) is 0 Å². The van der Waals surface area contributed by atoms with Crippen LogP contribution in [0.5, 0.6) is 0 Å². The van der Waals surface area contributed by atoms with Gasteiger partial charge in [-0.05, 0) is 0 Å². The Kier molecular flexibility index (Phi) is 5.23. The van der Waals surface area contributed by atoms with Crippen molar-refractivity contribution in [1.82, 2.24) is 9.29 Å². The summed E-state index contributed by atoms with van der Waals surface area (Å²) in [6.45, 7) is 0.190. The van der Waals surface area contributed by atoms with Crippen LogP contribution in [0.1, 0.15) is 11.7 Å². The van der Waals surface area contributed by atoms with Crippen LogP contribution in [0, 0.1) is 0 Å². The van der Waals surface area contributed by atoms with E-state index in [4.69, 9.17) is 10.8 Å². The number of carboxylic acids is 1. The van der Waals surface area contributed by atoms with Gasteiger partial charge in [-0.1, -0.05) is 0 Å². The summed E-state index contributed by atoms with van der Waals surface area (Å²) in [5.74, 6) is -1.23. The summed E-state index contributed by atoms with van der Waals surface area (Å²) in [4.78, 5) is 14.7. The Labute approximate surface area is 115 Å². The van der Waals surface area contributed by atoms with E-state index < -0.39 is 22.0 Å². The van der Waals surface area contributed by atoms with Crippen molar-refractivity contribution in [2.75, 3.05) is 31.7 Å². The van der Waals surface area contributed by atoms with Gasteiger partial charge in [0.2, 0.25) is 10.0 Å². The molecular formula is C9H16N4O4S2. The van der Waals surface area contributed by atoms with Crippen LogP contribution >= 0.6 is 11.3 Å². The molecule has 0 aliphatic carbocycles. The lowest BCUT2D eigenvalue weighted by molar-refractivity contribution is -0.138. The summed E-state index contributed by atoms with van der Waals surface area (Å²) in [7, 11) is -0.340. The van der Waals surface area contributed by atoms with Gasteiger partial charge in [-0.3, -0.25) is 4.79 Å². The molecule has 19 heavy (non-hydrogen) atoms. The molecule has 0 radical (unpaired) electrons. The van der Waals surface area contributed by atoms with E-state index in [9.17, 15) is 13.2 Å². The number of nitrogens with zero attached hydrogens (tertiary/aromatic N) is 2. The highest BCUT2D eigenvalue weighted by molar-refractivity contribution is 7.89. The minimum Gasteiger partial charge on any atom is -0.480 e. The van der Waals surface area contributed by atoms with Gasteiger partial charge in [0, 0.05) is 26.0 Å². The lowest BCUT2D eigenvalue weighted by atomic mass is 10.2. The molecule has 0 fully saturated rings. The number of carbonyl (C=O) groups is 1. The number of rotatable bonds is 7. The minimum absolute atomic E-state index is 0.0695. The average molecular weight is 308 g/mol. The molecule has 0 spiro atoms. The molecule has 0 aliphatic rings. The molecule has 1 rings (SSSR count). The molecule has 1 atom stereocenters. The Morgan fingerprint density at radius 2 is 2.26 bits per heavy atom. The van der Waals surface area contributed by atoms with Crippen molar-refractivity contribution in [1.29, 1.82) is 0 Å². The topological polar surface area (TPSA) is 126 Å². The predicted molar refractivity (Wildman–Crippen MR) is 72.6 cm³/mol. The van der Waals surface area contributed by atoms with Gasteiger partial charge in [-0.15, -0.1) is 11.3 Å². The Morgan fingerprint density at radius 1 is 1.63 bits per heavy atom. The molecule has 1 heterocycles. The van der Waals surface area contributed by atoms with Crippen LogP contribution in [0.25, 0.3) is 0 Å². The van der Waals surface area contributed by atoms with Gasteiger partial charge >= 0.3 is 5.97 Å². The number of nitrogens with two attached hydrogens (primary N) is 1. The first-order valence-electron chi connectivity index (χ1n) is 5.32. The van der Waals surface area contributed by atoms with Crippen molar-refractivity contribution in [3.8, 4) is 0 Å². The number of hydrogen-bond acceptors (Lipinski definition) is 7. The van der Waals surface area contributed by atoms with Gasteiger partial charge in [0.1, 0.15) is 6.04 Å². The van der Waals surface area contributed by atoms with Crippen LogP contribution in [0.15, 0.2) is 5.38 Å². The van der Waals surface area contributed by atoms with E-state index in [1.54, 1.807) is 0 Å². The largest absolute Gasteiger partial charge is 0.480 e. The smallest absolute Gasteiger partial charge is 0.326 e. The van der Waals surface area contributed by atoms with E-state index in [1.165, 1.54) is 30.8 Å². The van der Waals surface area contributed by atoms with Crippen LogP contribution < -0.4 is 11.1 Å². The summed E-state index contributed by atoms with van der Waals surface area (Å²) < 4.78 is 24.1. The molecule has 1 aromatic rings. The monoisotopic (exact) mass is 308 g/mol. The molecule has 0 saturated heterocycles. The summed E-state index contributed by atoms with van der Waals surface area (Å²) in [5, 5.41) is 13.5. The molecule has 0 amide bonds. The second-order valence-electron chi connectivity index (χ2n) is 3.92. The molecule has 0 saturated carbocycles. The van der Waals surface area contributed by atoms with E-state index in [2.05, 4.69) is 10.3 Å². The summed E-state index contributed by atoms with van der Waals surface area (Å²) in [6.07, 6.45) is 0. The van der Waals surface area contributed by atoms with Crippen molar-refractivity contribution in [2.45, 2.75) is 6.04 Å². The maximum Gasteiger partial charge on any atom is 0.326 e. The molecule has 1 unspecified atom stereocenters. The standard InChI is InChI=1S/C9H16N4O4S2/c1-13(2)19(16,17)4-3-11-9-12-6(5-18-9)7(10)8(14)15/h5,7H,3-4,10H2,1-2H3,(H,11,12)(H,14,15). The Morgan fingerprint density at radius 3 is 2.79 bits per heavy atom. The van der Waals surface area contributed by atoms with Crippen molar-refractivity contribution >= 4 is 32.5 Å². The summed E-state index contributed by atoms with van der Waals surface area (Å²) >= 11 is 1.18. The summed E-state index contributed by atoms with van der Waals surface area (Å²) in [6, 6.07) is -1.17. The van der Waals surface area contributed by atoms with Crippen LogP contribution in [-0.4, -0.2) is 55.2 Å². The number of nitrogens with one attached hydrogen (secondary N) is 1. The zero-order valence-corrected chi connectivity index (χ0v) is 12.2. The van der Waals surface area contributed by atoms with Crippen LogP contribution in [0.2, 0.25) is 0 Å². The highest BCUT2D eigenvalue weighted by Crippen LogP contribution is 2.19. The van der Waals surface area contributed by atoms with Crippen LogP contribution in [0.3, 0.4) is 0 Å². The van der Waals surface area contributed by atoms with Gasteiger partial charge in [0.05, 0.1) is 11.4 Å². The number of hydrogen-bond donors (Lipinski definition) is 3.